The molecule has 0 fully saturated rings. The maximum atomic E-state index is 13.0. The highest BCUT2D eigenvalue weighted by Gasteiger charge is 2.20. The van der Waals surface area contributed by atoms with Gasteiger partial charge in [0.1, 0.15) is 5.69 Å². The van der Waals surface area contributed by atoms with Gasteiger partial charge in [-0.3, -0.25) is 4.79 Å². The van der Waals surface area contributed by atoms with Crippen LogP contribution in [0.4, 0.5) is 5.69 Å². The van der Waals surface area contributed by atoms with Crippen LogP contribution in [-0.2, 0) is 0 Å². The van der Waals surface area contributed by atoms with E-state index in [1.807, 2.05) is 42.5 Å². The third-order valence-corrected chi connectivity index (χ3v) is 4.91. The Balaban J connectivity index is 2.09. The van der Waals surface area contributed by atoms with Crippen molar-refractivity contribution >= 4 is 34.0 Å². The van der Waals surface area contributed by atoms with Gasteiger partial charge in [-0.1, -0.05) is 61.8 Å². The lowest BCUT2D eigenvalue weighted by atomic mass is 9.97. The van der Waals surface area contributed by atoms with Crippen molar-refractivity contribution in [2.45, 2.75) is 26.2 Å². The van der Waals surface area contributed by atoms with Gasteiger partial charge < -0.3 is 4.90 Å². The van der Waals surface area contributed by atoms with Crippen molar-refractivity contribution in [3.8, 4) is 0 Å². The first-order valence-electron chi connectivity index (χ1n) is 8.45. The van der Waals surface area contributed by atoms with Crippen LogP contribution in [0.5, 0.6) is 0 Å². The van der Waals surface area contributed by atoms with Gasteiger partial charge in [0.25, 0.3) is 5.91 Å². The van der Waals surface area contributed by atoms with Gasteiger partial charge in [0.2, 0.25) is 0 Å². The number of carbonyl (C=O) groups excluding carboxylic acids is 1. The Morgan fingerprint density at radius 3 is 2.56 bits per heavy atom. The predicted octanol–water partition coefficient (Wildman–Crippen LogP) is 5.68. The molecule has 1 heterocycles. The normalized spacial score (nSPS) is 12.2. The van der Waals surface area contributed by atoms with Crippen molar-refractivity contribution in [2.75, 3.05) is 11.9 Å². The molecule has 0 aliphatic heterocycles. The zero-order valence-corrected chi connectivity index (χ0v) is 15.4. The lowest BCUT2D eigenvalue weighted by molar-refractivity contribution is 0.0988. The molecule has 1 aromatic heterocycles. The summed E-state index contributed by atoms with van der Waals surface area (Å²) < 4.78 is 0. The van der Waals surface area contributed by atoms with Crippen molar-refractivity contribution in [3.05, 3.63) is 71.0 Å². The number of nitrogens with zero attached hydrogens (tertiary/aromatic N) is 2. The van der Waals surface area contributed by atoms with Gasteiger partial charge in [0, 0.05) is 12.4 Å². The summed E-state index contributed by atoms with van der Waals surface area (Å²) in [6, 6.07) is 17.3. The second-order valence-corrected chi connectivity index (χ2v) is 6.65. The second-order valence-electron chi connectivity index (χ2n) is 6.24. The zero-order valence-electron chi connectivity index (χ0n) is 14.7. The highest BCUT2D eigenvalue weighted by molar-refractivity contribution is 6.34. The Bertz CT molecular complexity index is 923. The molecule has 1 unspecified atom stereocenters. The van der Waals surface area contributed by atoms with Crippen LogP contribution in [0.15, 0.2) is 54.6 Å². The highest BCUT2D eigenvalue weighted by atomic mass is 35.5. The Kier molecular flexibility index (Phi) is 5.05. The van der Waals surface area contributed by atoms with Crippen molar-refractivity contribution in [2.24, 2.45) is 0 Å². The number of para-hydroxylation sites is 1. The fourth-order valence-electron chi connectivity index (χ4n) is 2.91. The second kappa shape index (κ2) is 7.24. The van der Waals surface area contributed by atoms with E-state index in [1.165, 1.54) is 0 Å². The van der Waals surface area contributed by atoms with Crippen LogP contribution >= 0.6 is 11.6 Å². The number of carbonyl (C=O) groups is 1. The Labute approximate surface area is 153 Å². The molecule has 3 nitrogen and oxygen atoms in total. The summed E-state index contributed by atoms with van der Waals surface area (Å²) in [5.41, 5.74) is 2.09. The summed E-state index contributed by atoms with van der Waals surface area (Å²) in [6.45, 7) is 4.27. The van der Waals surface area contributed by atoms with Gasteiger partial charge in [-0.15, -0.1) is 0 Å². The average Bonchev–Trinajstić information content (AvgIpc) is 2.65. The quantitative estimate of drug-likeness (QED) is 0.605. The van der Waals surface area contributed by atoms with Crippen LogP contribution in [-0.4, -0.2) is 17.9 Å². The molecular formula is C21H21ClN2O. The summed E-state index contributed by atoms with van der Waals surface area (Å²) in [4.78, 5) is 19.3. The number of pyridine rings is 1. The van der Waals surface area contributed by atoms with Crippen LogP contribution in [0.3, 0.4) is 0 Å². The van der Waals surface area contributed by atoms with Crippen LogP contribution in [0.25, 0.3) is 10.8 Å². The van der Waals surface area contributed by atoms with Crippen LogP contribution in [0, 0.1) is 0 Å². The van der Waals surface area contributed by atoms with Gasteiger partial charge in [-0.25, -0.2) is 4.98 Å². The van der Waals surface area contributed by atoms with Crippen LogP contribution in [0.2, 0.25) is 5.02 Å². The fraction of sp³-hybridized carbons (Fsp3) is 0.238. The molecule has 0 spiro atoms. The lowest BCUT2D eigenvalue weighted by Crippen LogP contribution is -2.27. The number of benzene rings is 2. The summed E-state index contributed by atoms with van der Waals surface area (Å²) in [5, 5.41) is 2.68. The van der Waals surface area contributed by atoms with E-state index in [1.54, 1.807) is 18.0 Å². The monoisotopic (exact) mass is 352 g/mol. The fourth-order valence-corrected chi connectivity index (χ4v) is 3.17. The van der Waals surface area contributed by atoms with E-state index in [2.05, 4.69) is 19.9 Å². The number of hydrogen-bond donors (Lipinski definition) is 0. The molecule has 128 valence electrons. The van der Waals surface area contributed by atoms with E-state index in [0.717, 1.165) is 22.9 Å². The molecule has 3 aromatic rings. The Hall–Kier alpha value is -2.39. The van der Waals surface area contributed by atoms with Crippen LogP contribution in [0.1, 0.15) is 42.4 Å². The van der Waals surface area contributed by atoms with E-state index in [-0.39, 0.29) is 11.8 Å². The largest absolute Gasteiger partial charge is 0.309 e. The number of halogens is 1. The van der Waals surface area contributed by atoms with Crippen molar-refractivity contribution < 1.29 is 4.79 Å². The number of hydrogen-bond acceptors (Lipinski definition) is 2. The van der Waals surface area contributed by atoms with Crippen LogP contribution < -0.4 is 4.90 Å². The van der Waals surface area contributed by atoms with Gasteiger partial charge in [-0.2, -0.15) is 0 Å². The minimum absolute atomic E-state index is 0.164. The predicted molar refractivity (Wildman–Crippen MR) is 105 cm³/mol. The standard InChI is InChI=1S/C21H21ClN2O/c1-4-14(2)20-16-10-6-5-9-15(16)13-18(23-20)21(25)24(3)19-12-8-7-11-17(19)22/h5-14H,4H2,1-3H3. The maximum absolute atomic E-state index is 13.0. The summed E-state index contributed by atoms with van der Waals surface area (Å²) in [5.74, 6) is 0.117. The topological polar surface area (TPSA) is 33.2 Å². The third-order valence-electron chi connectivity index (χ3n) is 4.59. The van der Waals surface area contributed by atoms with Crippen molar-refractivity contribution in [1.82, 2.24) is 4.98 Å². The summed E-state index contributed by atoms with van der Waals surface area (Å²) in [7, 11) is 1.73. The summed E-state index contributed by atoms with van der Waals surface area (Å²) in [6.07, 6.45) is 0.967. The van der Waals surface area contributed by atoms with Gasteiger partial charge >= 0.3 is 0 Å². The third kappa shape index (κ3) is 3.38. The first kappa shape index (κ1) is 17.4. The Morgan fingerprint density at radius 1 is 1.16 bits per heavy atom. The molecule has 1 atom stereocenters. The van der Waals surface area contributed by atoms with E-state index in [0.29, 0.717) is 16.4 Å². The minimum atomic E-state index is -0.164. The molecule has 0 bridgehead atoms. The van der Waals surface area contributed by atoms with Gasteiger partial charge in [-0.05, 0) is 35.9 Å². The molecule has 2 aromatic carbocycles. The zero-order chi connectivity index (χ0) is 18.0. The van der Waals surface area contributed by atoms with E-state index >= 15 is 0 Å². The molecule has 0 saturated carbocycles. The molecule has 4 heteroatoms. The average molecular weight is 353 g/mol. The van der Waals surface area contributed by atoms with Gasteiger partial charge in [0.05, 0.1) is 16.4 Å². The van der Waals surface area contributed by atoms with E-state index < -0.39 is 0 Å². The summed E-state index contributed by atoms with van der Waals surface area (Å²) >= 11 is 6.24. The molecule has 0 radical (unpaired) electrons. The highest BCUT2D eigenvalue weighted by Crippen LogP contribution is 2.29. The molecule has 3 rings (SSSR count). The van der Waals surface area contributed by atoms with E-state index in [9.17, 15) is 4.79 Å². The smallest absolute Gasteiger partial charge is 0.276 e. The molecule has 0 saturated heterocycles. The number of amides is 1. The Morgan fingerprint density at radius 2 is 1.84 bits per heavy atom. The minimum Gasteiger partial charge on any atom is -0.309 e. The molecule has 0 aliphatic rings. The maximum Gasteiger partial charge on any atom is 0.276 e. The number of anilines is 1. The molecular weight excluding hydrogens is 332 g/mol. The number of fused-ring (bicyclic) bond motifs is 1. The van der Waals surface area contributed by atoms with E-state index in [4.69, 9.17) is 16.6 Å². The number of rotatable bonds is 4. The van der Waals surface area contributed by atoms with Crippen molar-refractivity contribution in [3.63, 3.8) is 0 Å². The SMILES string of the molecule is CCC(C)c1nc(C(=O)N(C)c2ccccc2Cl)cc2ccccc12. The number of aromatic nitrogens is 1. The molecule has 1 amide bonds. The van der Waals surface area contributed by atoms with Crippen molar-refractivity contribution in [1.29, 1.82) is 0 Å². The first-order chi connectivity index (χ1) is 12.0. The van der Waals surface area contributed by atoms with Gasteiger partial charge in [0.15, 0.2) is 0 Å². The first-order valence-corrected chi connectivity index (χ1v) is 8.83. The molecule has 0 N–H and O–H groups in total. The molecule has 0 aliphatic carbocycles. The molecule has 25 heavy (non-hydrogen) atoms. The lowest BCUT2D eigenvalue weighted by Gasteiger charge is -2.20.